The van der Waals surface area contributed by atoms with E-state index in [4.69, 9.17) is 0 Å². The number of rotatable bonds is 6. The number of nitro benzene ring substituents is 1. The van der Waals surface area contributed by atoms with E-state index in [0.717, 1.165) is 22.9 Å². The second-order valence-electron chi connectivity index (χ2n) is 7.58. The molecule has 1 aromatic heterocycles. The molecule has 172 valence electrons. The molecule has 0 unspecified atom stereocenters. The summed E-state index contributed by atoms with van der Waals surface area (Å²) in [6.07, 6.45) is 0. The van der Waals surface area contributed by atoms with Crippen LogP contribution in [0.2, 0.25) is 0 Å². The summed E-state index contributed by atoms with van der Waals surface area (Å²) >= 11 is 1.00. The Kier molecular flexibility index (Phi) is 6.42. The van der Waals surface area contributed by atoms with E-state index < -0.39 is 16.6 Å². The molecule has 4 rings (SSSR count). The van der Waals surface area contributed by atoms with Gasteiger partial charge in [0.25, 0.3) is 11.2 Å². The number of aromatic nitrogens is 2. The third kappa shape index (κ3) is 4.67. The van der Waals surface area contributed by atoms with Gasteiger partial charge in [-0.05, 0) is 67.4 Å². The first-order valence-corrected chi connectivity index (χ1v) is 11.2. The highest BCUT2D eigenvalue weighted by molar-refractivity contribution is 7.99. The summed E-state index contributed by atoms with van der Waals surface area (Å²) < 4.78 is 14.8. The average Bonchev–Trinajstić information content (AvgIpc) is 2.81. The zero-order chi connectivity index (χ0) is 24.4. The fourth-order valence-electron chi connectivity index (χ4n) is 3.40. The molecule has 0 radical (unpaired) electrons. The number of benzene rings is 3. The summed E-state index contributed by atoms with van der Waals surface area (Å²) in [5, 5.41) is 14.6. The summed E-state index contributed by atoms with van der Waals surface area (Å²) in [6.45, 7) is 3.55. The first-order valence-electron chi connectivity index (χ1n) is 10.2. The van der Waals surface area contributed by atoms with Crippen molar-refractivity contribution in [3.05, 3.63) is 98.1 Å². The molecular weight excluding hydrogens is 459 g/mol. The summed E-state index contributed by atoms with van der Waals surface area (Å²) in [7, 11) is 0. The molecule has 0 atom stereocenters. The van der Waals surface area contributed by atoms with Crippen molar-refractivity contribution in [2.45, 2.75) is 19.0 Å². The Morgan fingerprint density at radius 1 is 1.12 bits per heavy atom. The van der Waals surface area contributed by atoms with Gasteiger partial charge < -0.3 is 5.32 Å². The van der Waals surface area contributed by atoms with Gasteiger partial charge in [0.2, 0.25) is 5.91 Å². The molecule has 1 amide bonds. The topological polar surface area (TPSA) is 107 Å². The maximum absolute atomic E-state index is 13.5. The number of nitrogens with zero attached hydrogens (tertiary/aromatic N) is 3. The van der Waals surface area contributed by atoms with Crippen molar-refractivity contribution in [1.82, 2.24) is 9.55 Å². The lowest BCUT2D eigenvalue weighted by molar-refractivity contribution is -0.384. The molecule has 1 heterocycles. The van der Waals surface area contributed by atoms with Gasteiger partial charge >= 0.3 is 0 Å². The molecule has 3 aromatic carbocycles. The van der Waals surface area contributed by atoms with Gasteiger partial charge in [0.15, 0.2) is 5.16 Å². The van der Waals surface area contributed by atoms with Crippen LogP contribution >= 0.6 is 11.8 Å². The number of fused-ring (bicyclic) bond motifs is 1. The van der Waals surface area contributed by atoms with Crippen LogP contribution in [0.4, 0.5) is 15.8 Å². The van der Waals surface area contributed by atoms with Crippen LogP contribution in [0, 0.1) is 29.8 Å². The number of anilines is 1. The van der Waals surface area contributed by atoms with E-state index in [1.165, 1.54) is 34.9 Å². The fraction of sp³-hybridized carbons (Fsp3) is 0.125. The monoisotopic (exact) mass is 478 g/mol. The Morgan fingerprint density at radius 2 is 1.79 bits per heavy atom. The lowest BCUT2D eigenvalue weighted by Crippen LogP contribution is -2.23. The van der Waals surface area contributed by atoms with Gasteiger partial charge in [0, 0.05) is 6.07 Å². The SMILES string of the molecule is Cc1cc(NC(=O)CSc2nc3ccccc3c(=O)n2-c2ccc(F)cc2)c([N+](=O)[O-])cc1C. The van der Waals surface area contributed by atoms with Gasteiger partial charge in [-0.3, -0.25) is 24.3 Å². The summed E-state index contributed by atoms with van der Waals surface area (Å²) in [4.78, 5) is 41.3. The summed E-state index contributed by atoms with van der Waals surface area (Å²) in [5.41, 5.74) is 1.94. The van der Waals surface area contributed by atoms with Gasteiger partial charge in [-0.15, -0.1) is 0 Å². The highest BCUT2D eigenvalue weighted by atomic mass is 32.2. The van der Waals surface area contributed by atoms with Crippen LogP contribution in [-0.4, -0.2) is 26.1 Å². The zero-order valence-corrected chi connectivity index (χ0v) is 19.1. The number of nitro groups is 1. The quantitative estimate of drug-likeness (QED) is 0.185. The van der Waals surface area contributed by atoms with E-state index >= 15 is 0 Å². The van der Waals surface area contributed by atoms with Crippen molar-refractivity contribution >= 4 is 39.9 Å². The predicted octanol–water partition coefficient (Wildman–Crippen LogP) is 4.78. The van der Waals surface area contributed by atoms with Crippen LogP contribution in [0.3, 0.4) is 0 Å². The largest absolute Gasteiger partial charge is 0.320 e. The van der Waals surface area contributed by atoms with Crippen molar-refractivity contribution in [2.24, 2.45) is 0 Å². The Bertz CT molecular complexity index is 1490. The number of carbonyl (C=O) groups excluding carboxylic acids is 1. The molecule has 0 saturated carbocycles. The minimum absolute atomic E-state index is 0.0982. The molecule has 34 heavy (non-hydrogen) atoms. The van der Waals surface area contributed by atoms with Crippen molar-refractivity contribution < 1.29 is 14.1 Å². The van der Waals surface area contributed by atoms with Crippen LogP contribution in [0.1, 0.15) is 11.1 Å². The third-order valence-corrected chi connectivity index (χ3v) is 6.18. The molecule has 0 aliphatic rings. The van der Waals surface area contributed by atoms with Gasteiger partial charge in [0.1, 0.15) is 11.5 Å². The molecule has 0 bridgehead atoms. The van der Waals surface area contributed by atoms with E-state index in [2.05, 4.69) is 10.3 Å². The Balaban J connectivity index is 1.66. The standard InChI is InChI=1S/C24H19FN4O4S/c1-14-11-20(21(29(32)33)12-15(14)2)26-22(30)13-34-24-27-19-6-4-3-5-18(19)23(31)28(24)17-9-7-16(25)8-10-17/h3-12H,13H2,1-2H3,(H,26,30). The first kappa shape index (κ1) is 23.1. The van der Waals surface area contributed by atoms with Gasteiger partial charge in [-0.2, -0.15) is 0 Å². The number of amides is 1. The molecular formula is C24H19FN4O4S. The molecule has 8 nitrogen and oxygen atoms in total. The van der Waals surface area contributed by atoms with Gasteiger partial charge in [-0.25, -0.2) is 9.37 Å². The maximum Gasteiger partial charge on any atom is 0.293 e. The lowest BCUT2D eigenvalue weighted by Gasteiger charge is -2.13. The average molecular weight is 479 g/mol. The molecule has 10 heteroatoms. The van der Waals surface area contributed by atoms with Crippen LogP contribution in [0.5, 0.6) is 0 Å². The van der Waals surface area contributed by atoms with E-state index in [9.17, 15) is 24.1 Å². The second kappa shape index (κ2) is 9.44. The highest BCUT2D eigenvalue weighted by Gasteiger charge is 2.19. The van der Waals surface area contributed by atoms with E-state index in [-0.39, 0.29) is 27.8 Å². The van der Waals surface area contributed by atoms with Gasteiger partial charge in [-0.1, -0.05) is 23.9 Å². The molecule has 1 N–H and O–H groups in total. The molecule has 0 fully saturated rings. The Hall–Kier alpha value is -4.05. The van der Waals surface area contributed by atoms with Crippen molar-refractivity contribution in [2.75, 3.05) is 11.1 Å². The Labute approximate surface area is 197 Å². The smallest absolute Gasteiger partial charge is 0.293 e. The Morgan fingerprint density at radius 3 is 2.50 bits per heavy atom. The third-order valence-electron chi connectivity index (χ3n) is 5.24. The fourth-order valence-corrected chi connectivity index (χ4v) is 4.21. The van der Waals surface area contributed by atoms with Crippen LogP contribution in [-0.2, 0) is 4.79 Å². The van der Waals surface area contributed by atoms with Crippen LogP contribution in [0.15, 0.2) is 70.6 Å². The highest BCUT2D eigenvalue weighted by Crippen LogP contribution is 2.28. The van der Waals surface area contributed by atoms with Gasteiger partial charge in [0.05, 0.1) is 27.3 Å². The lowest BCUT2D eigenvalue weighted by atomic mass is 10.1. The predicted molar refractivity (Wildman–Crippen MR) is 129 cm³/mol. The number of aryl methyl sites for hydroxylation is 2. The molecule has 0 aliphatic heterocycles. The van der Waals surface area contributed by atoms with E-state index in [1.807, 2.05) is 0 Å². The number of thioether (sulfide) groups is 1. The second-order valence-corrected chi connectivity index (χ2v) is 8.52. The van der Waals surface area contributed by atoms with Crippen molar-refractivity contribution in [3.63, 3.8) is 0 Å². The number of hydrogen-bond acceptors (Lipinski definition) is 6. The normalized spacial score (nSPS) is 10.9. The van der Waals surface area contributed by atoms with Crippen LogP contribution < -0.4 is 10.9 Å². The number of halogens is 1. The van der Waals surface area contributed by atoms with E-state index in [0.29, 0.717) is 16.6 Å². The number of carbonyl (C=O) groups is 1. The zero-order valence-electron chi connectivity index (χ0n) is 18.2. The number of para-hydroxylation sites is 1. The summed E-state index contributed by atoms with van der Waals surface area (Å²) in [6, 6.07) is 15.1. The van der Waals surface area contributed by atoms with Crippen LogP contribution in [0.25, 0.3) is 16.6 Å². The minimum atomic E-state index is -0.549. The molecule has 0 saturated heterocycles. The minimum Gasteiger partial charge on any atom is -0.320 e. The molecule has 0 spiro atoms. The summed E-state index contributed by atoms with van der Waals surface area (Å²) in [5.74, 6) is -1.10. The number of hydrogen-bond donors (Lipinski definition) is 1. The molecule has 0 aliphatic carbocycles. The van der Waals surface area contributed by atoms with Crippen molar-refractivity contribution in [3.8, 4) is 5.69 Å². The first-order chi connectivity index (χ1) is 16.2. The molecule has 4 aromatic rings. The number of nitrogens with one attached hydrogen (secondary N) is 1. The van der Waals surface area contributed by atoms with Crippen molar-refractivity contribution in [1.29, 1.82) is 0 Å². The maximum atomic E-state index is 13.5. The van der Waals surface area contributed by atoms with E-state index in [1.54, 1.807) is 44.2 Å².